The molecule has 2 fully saturated rings. The van der Waals surface area contributed by atoms with E-state index in [1.54, 1.807) is 6.07 Å². The van der Waals surface area contributed by atoms with Gasteiger partial charge in [0.25, 0.3) is 0 Å². The summed E-state index contributed by atoms with van der Waals surface area (Å²) in [7, 11) is 0. The van der Waals surface area contributed by atoms with Crippen LogP contribution in [-0.2, 0) is 0 Å². The lowest BCUT2D eigenvalue weighted by Gasteiger charge is -2.37. The van der Waals surface area contributed by atoms with Gasteiger partial charge < -0.3 is 15.2 Å². The summed E-state index contributed by atoms with van der Waals surface area (Å²) in [5.74, 6) is 1.38. The Kier molecular flexibility index (Phi) is 3.95. The van der Waals surface area contributed by atoms with Crippen molar-refractivity contribution < 1.29 is 8.91 Å². The maximum Gasteiger partial charge on any atom is 0.180 e. The van der Waals surface area contributed by atoms with E-state index < -0.39 is 0 Å². The number of fused-ring (bicyclic) bond motifs is 1. The highest BCUT2D eigenvalue weighted by atomic mass is 19.1. The van der Waals surface area contributed by atoms with Gasteiger partial charge in [0, 0.05) is 38.3 Å². The maximum atomic E-state index is 13.2. The summed E-state index contributed by atoms with van der Waals surface area (Å²) >= 11 is 0. The molecule has 0 unspecified atom stereocenters. The molecule has 0 spiro atoms. The number of nitrogens with two attached hydrogens (primary N) is 1. The minimum atomic E-state index is -0.291. The van der Waals surface area contributed by atoms with Gasteiger partial charge in [-0.2, -0.15) is 0 Å². The molecule has 2 aromatic rings. The second-order valence-corrected chi connectivity index (χ2v) is 6.86. The Morgan fingerprint density at radius 3 is 2.74 bits per heavy atom. The van der Waals surface area contributed by atoms with Gasteiger partial charge in [0.2, 0.25) is 0 Å². The van der Waals surface area contributed by atoms with Crippen molar-refractivity contribution in [1.29, 1.82) is 0 Å². The standard InChI is InChI=1S/C17H23FN4O/c18-13-1-2-15-16(11-13)23-20-17(15)22-7-5-21(6-8-22)4-3-12-9-14(19)10-12/h1-2,11-12,14H,3-10,19H2. The van der Waals surface area contributed by atoms with Crippen LogP contribution in [0.3, 0.4) is 0 Å². The molecule has 1 saturated carbocycles. The molecule has 0 amide bonds. The average Bonchev–Trinajstić information content (AvgIpc) is 2.94. The predicted molar refractivity (Wildman–Crippen MR) is 87.9 cm³/mol. The molecule has 4 rings (SSSR count). The van der Waals surface area contributed by atoms with E-state index in [-0.39, 0.29) is 5.82 Å². The zero-order valence-electron chi connectivity index (χ0n) is 13.2. The van der Waals surface area contributed by atoms with Gasteiger partial charge in [0.15, 0.2) is 11.4 Å². The summed E-state index contributed by atoms with van der Waals surface area (Å²) in [6.07, 6.45) is 3.66. The number of hydrogen-bond acceptors (Lipinski definition) is 5. The zero-order valence-corrected chi connectivity index (χ0v) is 13.2. The van der Waals surface area contributed by atoms with E-state index in [0.29, 0.717) is 11.6 Å². The largest absolute Gasteiger partial charge is 0.354 e. The lowest BCUT2D eigenvalue weighted by Crippen LogP contribution is -2.47. The van der Waals surface area contributed by atoms with Gasteiger partial charge in [-0.1, -0.05) is 5.16 Å². The molecule has 0 bridgehead atoms. The van der Waals surface area contributed by atoms with Crippen LogP contribution in [0.4, 0.5) is 10.2 Å². The average molecular weight is 318 g/mol. The third-order valence-corrected chi connectivity index (χ3v) is 5.21. The van der Waals surface area contributed by atoms with Gasteiger partial charge in [-0.3, -0.25) is 4.90 Å². The second kappa shape index (κ2) is 6.09. The van der Waals surface area contributed by atoms with Crippen molar-refractivity contribution in [3.63, 3.8) is 0 Å². The van der Waals surface area contributed by atoms with Gasteiger partial charge in [0.1, 0.15) is 5.82 Å². The first-order valence-electron chi connectivity index (χ1n) is 8.47. The molecule has 2 heterocycles. The minimum Gasteiger partial charge on any atom is -0.354 e. The van der Waals surface area contributed by atoms with Gasteiger partial charge in [-0.05, 0) is 43.9 Å². The van der Waals surface area contributed by atoms with Gasteiger partial charge in [-0.15, -0.1) is 0 Å². The van der Waals surface area contributed by atoms with Crippen molar-refractivity contribution in [3.8, 4) is 0 Å². The van der Waals surface area contributed by atoms with Crippen molar-refractivity contribution in [2.24, 2.45) is 11.7 Å². The van der Waals surface area contributed by atoms with E-state index in [1.165, 1.54) is 31.4 Å². The molecular formula is C17H23FN4O. The summed E-state index contributed by atoms with van der Waals surface area (Å²) in [6, 6.07) is 5.05. The monoisotopic (exact) mass is 318 g/mol. The number of hydrogen-bond donors (Lipinski definition) is 1. The van der Waals surface area contributed by atoms with Crippen molar-refractivity contribution in [3.05, 3.63) is 24.0 Å². The number of anilines is 1. The Morgan fingerprint density at radius 2 is 2.00 bits per heavy atom. The molecule has 5 nitrogen and oxygen atoms in total. The molecule has 1 aromatic carbocycles. The second-order valence-electron chi connectivity index (χ2n) is 6.86. The molecule has 1 aliphatic heterocycles. The molecule has 6 heteroatoms. The van der Waals surface area contributed by atoms with Crippen molar-refractivity contribution in [2.75, 3.05) is 37.6 Å². The van der Waals surface area contributed by atoms with Crippen molar-refractivity contribution in [2.45, 2.75) is 25.3 Å². The van der Waals surface area contributed by atoms with Crippen LogP contribution in [0.25, 0.3) is 11.0 Å². The first kappa shape index (κ1) is 14.9. The lowest BCUT2D eigenvalue weighted by molar-refractivity contribution is 0.189. The highest BCUT2D eigenvalue weighted by Gasteiger charge is 2.27. The normalized spacial score (nSPS) is 25.7. The Balaban J connectivity index is 1.33. The SMILES string of the molecule is NC1CC(CCN2CCN(c3noc4cc(F)ccc34)CC2)C1. The summed E-state index contributed by atoms with van der Waals surface area (Å²) in [4.78, 5) is 4.75. The molecule has 0 atom stereocenters. The number of aromatic nitrogens is 1. The third-order valence-electron chi connectivity index (χ3n) is 5.21. The maximum absolute atomic E-state index is 13.2. The highest BCUT2D eigenvalue weighted by Crippen LogP contribution is 2.30. The van der Waals surface area contributed by atoms with Gasteiger partial charge in [-0.25, -0.2) is 4.39 Å². The Morgan fingerprint density at radius 1 is 1.22 bits per heavy atom. The van der Waals surface area contributed by atoms with E-state index in [2.05, 4.69) is 15.0 Å². The van der Waals surface area contributed by atoms with Gasteiger partial charge in [0.05, 0.1) is 5.39 Å². The summed E-state index contributed by atoms with van der Waals surface area (Å²) in [5.41, 5.74) is 6.36. The van der Waals surface area contributed by atoms with Crippen LogP contribution >= 0.6 is 0 Å². The fraction of sp³-hybridized carbons (Fsp3) is 0.588. The van der Waals surface area contributed by atoms with Crippen LogP contribution in [-0.4, -0.2) is 48.8 Å². The molecular weight excluding hydrogens is 295 g/mol. The Hall–Kier alpha value is -1.66. The van der Waals surface area contributed by atoms with Crippen LogP contribution in [0.15, 0.2) is 22.7 Å². The molecule has 23 heavy (non-hydrogen) atoms. The van der Waals surface area contributed by atoms with Crippen LogP contribution in [0, 0.1) is 11.7 Å². The number of rotatable bonds is 4. The quantitative estimate of drug-likeness (QED) is 0.937. The van der Waals surface area contributed by atoms with E-state index in [1.807, 2.05) is 0 Å². The summed E-state index contributed by atoms with van der Waals surface area (Å²) < 4.78 is 18.5. The fourth-order valence-corrected chi connectivity index (χ4v) is 3.70. The molecule has 2 aliphatic rings. The number of halogens is 1. The minimum absolute atomic E-state index is 0.291. The summed E-state index contributed by atoms with van der Waals surface area (Å²) in [6.45, 7) is 5.10. The first-order chi connectivity index (χ1) is 11.2. The van der Waals surface area contributed by atoms with E-state index in [4.69, 9.17) is 10.3 Å². The molecule has 1 saturated heterocycles. The predicted octanol–water partition coefficient (Wildman–Crippen LogP) is 2.22. The van der Waals surface area contributed by atoms with Gasteiger partial charge >= 0.3 is 0 Å². The zero-order chi connectivity index (χ0) is 15.8. The molecule has 1 aromatic heterocycles. The number of nitrogens with zero attached hydrogens (tertiary/aromatic N) is 3. The molecule has 0 radical (unpaired) electrons. The Bertz CT molecular complexity index is 674. The van der Waals surface area contributed by atoms with Crippen molar-refractivity contribution in [1.82, 2.24) is 10.1 Å². The van der Waals surface area contributed by atoms with E-state index in [9.17, 15) is 4.39 Å². The molecule has 1 aliphatic carbocycles. The third kappa shape index (κ3) is 3.05. The first-order valence-corrected chi connectivity index (χ1v) is 8.47. The summed E-state index contributed by atoms with van der Waals surface area (Å²) in [5, 5.41) is 5.03. The van der Waals surface area contributed by atoms with Crippen LogP contribution in [0.1, 0.15) is 19.3 Å². The topological polar surface area (TPSA) is 58.5 Å². The fourth-order valence-electron chi connectivity index (χ4n) is 3.70. The van der Waals surface area contributed by atoms with Crippen LogP contribution < -0.4 is 10.6 Å². The van der Waals surface area contributed by atoms with Crippen LogP contribution in [0.5, 0.6) is 0 Å². The van der Waals surface area contributed by atoms with E-state index in [0.717, 1.165) is 49.8 Å². The molecule has 2 N–H and O–H groups in total. The smallest absolute Gasteiger partial charge is 0.180 e. The lowest BCUT2D eigenvalue weighted by atomic mass is 9.79. The number of benzene rings is 1. The Labute approximate surface area is 135 Å². The van der Waals surface area contributed by atoms with Crippen molar-refractivity contribution >= 4 is 16.8 Å². The number of piperazine rings is 1. The molecule has 124 valence electrons. The highest BCUT2D eigenvalue weighted by molar-refractivity contribution is 5.88. The van der Waals surface area contributed by atoms with Crippen LogP contribution in [0.2, 0.25) is 0 Å². The van der Waals surface area contributed by atoms with E-state index >= 15 is 0 Å².